The van der Waals surface area contributed by atoms with Crippen LogP contribution < -0.4 is 8.11 Å². The molecule has 4 rings (SSSR count). The van der Waals surface area contributed by atoms with E-state index in [1.54, 1.807) is 23.5 Å². The van der Waals surface area contributed by atoms with E-state index in [2.05, 4.69) is 13.8 Å². The zero-order chi connectivity index (χ0) is 21.4. The molecule has 0 aliphatic rings. The predicted octanol–water partition coefficient (Wildman–Crippen LogP) is 9.20. The van der Waals surface area contributed by atoms with Crippen LogP contribution >= 0.6 is 92.1 Å². The van der Waals surface area contributed by atoms with E-state index >= 15 is 0 Å². The predicted molar refractivity (Wildman–Crippen MR) is 144 cm³/mol. The summed E-state index contributed by atoms with van der Waals surface area (Å²) in [4.78, 5) is 26.7. The molecular formula is C20H18Cl2O2S6. The number of unbranched alkanes of at least 4 members (excludes halogenated alkanes) is 2. The first kappa shape index (κ1) is 23.4. The Kier molecular flexibility index (Phi) is 7.78. The van der Waals surface area contributed by atoms with Gasteiger partial charge in [-0.3, -0.25) is 9.59 Å². The Morgan fingerprint density at radius 1 is 0.667 bits per heavy atom. The average molecular weight is 554 g/mol. The van der Waals surface area contributed by atoms with Crippen LogP contribution in [-0.4, -0.2) is 11.5 Å². The SMILES string of the molecule is CCCCSc1c(Cl)c2sc(=O)sc2c2c(SCCCC)c(Cl)c3sc(=O)sc3c12. The topological polar surface area (TPSA) is 34.1 Å². The van der Waals surface area contributed by atoms with Gasteiger partial charge in [-0.25, -0.2) is 0 Å². The molecule has 0 aliphatic heterocycles. The number of halogens is 2. The summed E-state index contributed by atoms with van der Waals surface area (Å²) in [6.07, 6.45) is 4.35. The fourth-order valence-electron chi connectivity index (χ4n) is 3.17. The Morgan fingerprint density at radius 3 is 1.40 bits per heavy atom. The van der Waals surface area contributed by atoms with Gasteiger partial charge in [-0.05, 0) is 24.3 Å². The van der Waals surface area contributed by atoms with E-state index in [-0.39, 0.29) is 8.11 Å². The molecule has 0 spiro atoms. The van der Waals surface area contributed by atoms with E-state index in [4.69, 9.17) is 23.2 Å². The van der Waals surface area contributed by atoms with Gasteiger partial charge in [0.2, 0.25) is 0 Å². The summed E-state index contributed by atoms with van der Waals surface area (Å²) in [6, 6.07) is 0. The molecule has 2 aromatic heterocycles. The standard InChI is InChI=1S/C20H18Cl2O2S6/c1-3-5-7-25-13-9-10(16-17(11(13)21)29-20(24)28-16)14(26-8-6-4-2)12(22)18-15(9)27-19(23)30-18/h3-8H2,1-2H3. The van der Waals surface area contributed by atoms with Gasteiger partial charge in [-0.2, -0.15) is 0 Å². The van der Waals surface area contributed by atoms with Gasteiger partial charge in [0.05, 0.1) is 28.8 Å². The van der Waals surface area contributed by atoms with Gasteiger partial charge in [0.25, 0.3) is 8.11 Å². The third kappa shape index (κ3) is 4.23. The number of hydrogen-bond acceptors (Lipinski definition) is 8. The number of fused-ring (bicyclic) bond motifs is 5. The molecule has 30 heavy (non-hydrogen) atoms. The van der Waals surface area contributed by atoms with E-state index in [0.29, 0.717) is 10.0 Å². The van der Waals surface area contributed by atoms with E-state index < -0.39 is 0 Å². The molecule has 10 heteroatoms. The van der Waals surface area contributed by atoms with Crippen LogP contribution in [0.4, 0.5) is 0 Å². The molecule has 0 bridgehead atoms. The van der Waals surface area contributed by atoms with Crippen molar-refractivity contribution in [2.24, 2.45) is 0 Å². The van der Waals surface area contributed by atoms with Gasteiger partial charge >= 0.3 is 0 Å². The summed E-state index contributed by atoms with van der Waals surface area (Å²) >= 11 is 22.1. The summed E-state index contributed by atoms with van der Waals surface area (Å²) in [6.45, 7) is 4.33. The molecule has 0 radical (unpaired) electrons. The molecule has 0 saturated heterocycles. The maximum Gasteiger partial charge on any atom is 0.288 e. The molecule has 4 aromatic rings. The molecule has 0 amide bonds. The summed E-state index contributed by atoms with van der Waals surface area (Å²) < 4.78 is 3.55. The van der Waals surface area contributed by atoms with Crippen LogP contribution in [0.5, 0.6) is 0 Å². The van der Waals surface area contributed by atoms with E-state index in [0.717, 1.165) is 76.6 Å². The van der Waals surface area contributed by atoms with Crippen molar-refractivity contribution in [1.82, 2.24) is 0 Å². The smallest absolute Gasteiger partial charge is 0.265 e. The molecule has 2 heterocycles. The highest BCUT2D eigenvalue weighted by Crippen LogP contribution is 2.53. The van der Waals surface area contributed by atoms with Crippen molar-refractivity contribution < 1.29 is 0 Å². The van der Waals surface area contributed by atoms with Gasteiger partial charge in [0.1, 0.15) is 0 Å². The Bertz CT molecular complexity index is 1240. The Labute approximate surface area is 208 Å². The van der Waals surface area contributed by atoms with Crippen molar-refractivity contribution in [3.8, 4) is 0 Å². The Balaban J connectivity index is 2.17. The number of benzene rings is 2. The second kappa shape index (κ2) is 10.00. The number of hydrogen-bond donors (Lipinski definition) is 0. The molecule has 0 N–H and O–H groups in total. The quantitative estimate of drug-likeness (QED) is 0.161. The second-order valence-corrected chi connectivity index (χ2v) is 14.1. The normalized spacial score (nSPS) is 12.0. The van der Waals surface area contributed by atoms with Gasteiger partial charge in [0.15, 0.2) is 0 Å². The highest BCUT2D eigenvalue weighted by atomic mass is 35.5. The third-order valence-electron chi connectivity index (χ3n) is 4.60. The van der Waals surface area contributed by atoms with Crippen molar-refractivity contribution in [2.45, 2.75) is 49.3 Å². The average Bonchev–Trinajstić information content (AvgIpc) is 3.29. The van der Waals surface area contributed by atoms with E-state index in [1.807, 2.05) is 0 Å². The first-order valence-electron chi connectivity index (χ1n) is 9.57. The second-order valence-electron chi connectivity index (χ2n) is 6.66. The van der Waals surface area contributed by atoms with Crippen LogP contribution in [0.1, 0.15) is 39.5 Å². The molecular weight excluding hydrogens is 536 g/mol. The summed E-state index contributed by atoms with van der Waals surface area (Å²) in [5.74, 6) is 1.88. The number of thioether (sulfide) groups is 2. The van der Waals surface area contributed by atoms with Gasteiger partial charge in [-0.1, -0.05) is 95.2 Å². The molecule has 0 saturated carbocycles. The van der Waals surface area contributed by atoms with Crippen molar-refractivity contribution in [3.63, 3.8) is 0 Å². The Hall–Kier alpha value is 0.200. The fraction of sp³-hybridized carbons (Fsp3) is 0.400. The Morgan fingerprint density at radius 2 is 1.03 bits per heavy atom. The molecule has 0 aliphatic carbocycles. The minimum atomic E-state index is 0.0307. The summed E-state index contributed by atoms with van der Waals surface area (Å²) in [5, 5.41) is 3.29. The monoisotopic (exact) mass is 552 g/mol. The maximum absolute atomic E-state index is 12.4. The zero-order valence-electron chi connectivity index (χ0n) is 16.3. The van der Waals surface area contributed by atoms with Crippen molar-refractivity contribution in [1.29, 1.82) is 0 Å². The van der Waals surface area contributed by atoms with E-state index in [1.165, 1.54) is 45.3 Å². The van der Waals surface area contributed by atoms with Crippen LogP contribution in [0.3, 0.4) is 0 Å². The zero-order valence-corrected chi connectivity index (χ0v) is 22.7. The van der Waals surface area contributed by atoms with Crippen LogP contribution in [-0.2, 0) is 0 Å². The summed E-state index contributed by atoms with van der Waals surface area (Å²) in [7, 11) is 0. The lowest BCUT2D eigenvalue weighted by Gasteiger charge is -2.16. The van der Waals surface area contributed by atoms with Crippen LogP contribution in [0, 0.1) is 0 Å². The fourth-order valence-corrected chi connectivity index (χ4v) is 11.2. The molecule has 0 atom stereocenters. The number of rotatable bonds is 8. The minimum Gasteiger partial charge on any atom is -0.265 e. The highest BCUT2D eigenvalue weighted by molar-refractivity contribution is 8.00. The van der Waals surface area contributed by atoms with Crippen LogP contribution in [0.25, 0.3) is 29.6 Å². The van der Waals surface area contributed by atoms with Crippen LogP contribution in [0.15, 0.2) is 19.4 Å². The van der Waals surface area contributed by atoms with Gasteiger partial charge in [0, 0.05) is 20.6 Å². The highest BCUT2D eigenvalue weighted by Gasteiger charge is 2.25. The largest absolute Gasteiger partial charge is 0.288 e. The molecule has 2 nitrogen and oxygen atoms in total. The maximum atomic E-state index is 12.4. The lowest BCUT2D eigenvalue weighted by atomic mass is 10.1. The van der Waals surface area contributed by atoms with Crippen molar-refractivity contribution in [3.05, 3.63) is 27.7 Å². The first-order chi connectivity index (χ1) is 14.5. The molecule has 0 unspecified atom stereocenters. The van der Waals surface area contributed by atoms with E-state index in [9.17, 15) is 9.59 Å². The lowest BCUT2D eigenvalue weighted by molar-refractivity contribution is 0.896. The molecule has 0 fully saturated rings. The van der Waals surface area contributed by atoms with Crippen molar-refractivity contribution >= 4 is 122 Å². The summed E-state index contributed by atoms with van der Waals surface area (Å²) in [5.41, 5.74) is 0. The molecule has 2 aromatic carbocycles. The van der Waals surface area contributed by atoms with Gasteiger partial charge in [-0.15, -0.1) is 23.5 Å². The van der Waals surface area contributed by atoms with Gasteiger partial charge < -0.3 is 0 Å². The van der Waals surface area contributed by atoms with Crippen molar-refractivity contribution in [2.75, 3.05) is 11.5 Å². The minimum absolute atomic E-state index is 0.0307. The lowest BCUT2D eigenvalue weighted by Crippen LogP contribution is -1.89. The first-order valence-corrected chi connectivity index (χ1v) is 15.6. The van der Waals surface area contributed by atoms with Crippen LogP contribution in [0.2, 0.25) is 10.0 Å². The third-order valence-corrected chi connectivity index (χ3v) is 12.6. The molecule has 160 valence electrons.